The van der Waals surface area contributed by atoms with Crippen LogP contribution in [0.25, 0.3) is 11.0 Å². The predicted molar refractivity (Wildman–Crippen MR) is 91.9 cm³/mol. The van der Waals surface area contributed by atoms with Gasteiger partial charge in [0.25, 0.3) is 0 Å². The highest BCUT2D eigenvalue weighted by Gasteiger charge is 2.19. The largest absolute Gasteiger partial charge is 0.319 e. The Morgan fingerprint density at radius 2 is 2.13 bits per heavy atom. The maximum Gasteiger partial charge on any atom is 0.242 e. The van der Waals surface area contributed by atoms with Crippen LogP contribution in [0.1, 0.15) is 19.8 Å². The molecule has 0 amide bonds. The van der Waals surface area contributed by atoms with E-state index >= 15 is 0 Å². The minimum Gasteiger partial charge on any atom is -0.319 e. The van der Waals surface area contributed by atoms with Crippen molar-refractivity contribution >= 4 is 32.8 Å². The molecule has 0 saturated carbocycles. The highest BCUT2D eigenvalue weighted by molar-refractivity contribution is 7.99. The Morgan fingerprint density at radius 3 is 2.74 bits per heavy atom. The van der Waals surface area contributed by atoms with E-state index in [0.29, 0.717) is 11.3 Å². The normalized spacial score (nSPS) is 12.0. The van der Waals surface area contributed by atoms with Crippen LogP contribution < -0.4 is 0 Å². The lowest BCUT2D eigenvalue weighted by molar-refractivity contribution is 0.521. The fourth-order valence-electron chi connectivity index (χ4n) is 2.20. The Balaban J connectivity index is 2.53. The van der Waals surface area contributed by atoms with Crippen molar-refractivity contribution in [1.82, 2.24) is 13.9 Å². The molecule has 2 rings (SSSR count). The fraction of sp³-hybridized carbons (Fsp3) is 0.467. The summed E-state index contributed by atoms with van der Waals surface area (Å²) >= 11 is 1.37. The zero-order valence-electron chi connectivity index (χ0n) is 13.5. The lowest BCUT2D eigenvalue weighted by Gasteiger charge is -2.11. The number of rotatable bonds is 7. The van der Waals surface area contributed by atoms with E-state index in [-0.39, 0.29) is 4.90 Å². The molecule has 1 aromatic carbocycles. The van der Waals surface area contributed by atoms with Crippen molar-refractivity contribution < 1.29 is 8.42 Å². The van der Waals surface area contributed by atoms with E-state index in [0.717, 1.165) is 30.1 Å². The van der Waals surface area contributed by atoms with Crippen LogP contribution in [0.2, 0.25) is 0 Å². The Morgan fingerprint density at radius 1 is 1.39 bits per heavy atom. The van der Waals surface area contributed by atoms with Gasteiger partial charge in [-0.25, -0.2) is 17.7 Å². The Hall–Kier alpha value is -1.56. The number of nitriles is 1. The average Bonchev–Trinajstić information content (AvgIpc) is 2.87. The van der Waals surface area contributed by atoms with E-state index in [9.17, 15) is 8.42 Å². The maximum absolute atomic E-state index is 12.3. The number of unbranched alkanes of at least 4 members (excludes halogenated alkanes) is 1. The number of thioether (sulfide) groups is 1. The molecule has 0 aliphatic heterocycles. The molecule has 0 atom stereocenters. The summed E-state index contributed by atoms with van der Waals surface area (Å²) in [6.45, 7) is 2.92. The minimum atomic E-state index is -3.48. The van der Waals surface area contributed by atoms with Crippen LogP contribution in [-0.2, 0) is 16.6 Å². The van der Waals surface area contributed by atoms with Gasteiger partial charge in [-0.2, -0.15) is 5.26 Å². The summed E-state index contributed by atoms with van der Waals surface area (Å²) in [4.78, 5) is 4.76. The first-order valence-electron chi connectivity index (χ1n) is 7.34. The smallest absolute Gasteiger partial charge is 0.242 e. The molecule has 8 heteroatoms. The summed E-state index contributed by atoms with van der Waals surface area (Å²) in [5.41, 5.74) is 1.54. The van der Waals surface area contributed by atoms with E-state index in [4.69, 9.17) is 5.26 Å². The standard InChI is InChI=1S/C15H20N4O2S2/c1-4-5-9-19-14-7-6-12(23(20,21)18(2)3)11-13(14)17-15(19)22-10-8-16/h6-7,11H,4-5,9-10H2,1-3H3. The number of fused-ring (bicyclic) bond motifs is 1. The van der Waals surface area contributed by atoms with Gasteiger partial charge in [-0.1, -0.05) is 25.1 Å². The summed E-state index contributed by atoms with van der Waals surface area (Å²) in [5.74, 6) is 0.318. The average molecular weight is 352 g/mol. The van der Waals surface area contributed by atoms with Gasteiger partial charge in [0, 0.05) is 20.6 Å². The van der Waals surface area contributed by atoms with Gasteiger partial charge >= 0.3 is 0 Å². The summed E-state index contributed by atoms with van der Waals surface area (Å²) in [6, 6.07) is 7.11. The van der Waals surface area contributed by atoms with Crippen molar-refractivity contribution in [2.24, 2.45) is 0 Å². The first-order valence-corrected chi connectivity index (χ1v) is 9.77. The minimum absolute atomic E-state index is 0.229. The number of hydrogen-bond acceptors (Lipinski definition) is 5. The number of aryl methyl sites for hydroxylation is 1. The van der Waals surface area contributed by atoms with Crippen LogP contribution in [0.4, 0.5) is 0 Å². The predicted octanol–water partition coefficient (Wildman–Crippen LogP) is 2.70. The molecule has 0 spiro atoms. The molecule has 0 fully saturated rings. The molecule has 1 heterocycles. The van der Waals surface area contributed by atoms with E-state index in [2.05, 4.69) is 22.5 Å². The van der Waals surface area contributed by atoms with E-state index in [1.165, 1.54) is 30.2 Å². The number of aromatic nitrogens is 2. The van der Waals surface area contributed by atoms with Gasteiger partial charge in [0.2, 0.25) is 10.0 Å². The topological polar surface area (TPSA) is 79.0 Å². The van der Waals surface area contributed by atoms with Crippen LogP contribution in [-0.4, -0.2) is 42.1 Å². The summed E-state index contributed by atoms with van der Waals surface area (Å²) in [6.07, 6.45) is 2.05. The first kappa shape index (κ1) is 17.8. The Labute approximate surface area is 141 Å². The molecule has 2 aromatic rings. The monoisotopic (exact) mass is 352 g/mol. The molecule has 6 nitrogen and oxygen atoms in total. The number of hydrogen-bond donors (Lipinski definition) is 0. The van der Waals surface area contributed by atoms with Gasteiger partial charge in [-0.3, -0.25) is 0 Å². The molecule has 0 unspecified atom stereocenters. The van der Waals surface area contributed by atoms with Crippen LogP contribution in [0.15, 0.2) is 28.3 Å². The van der Waals surface area contributed by atoms with E-state index in [1.807, 2.05) is 0 Å². The Bertz CT molecular complexity index is 835. The van der Waals surface area contributed by atoms with Crippen LogP contribution in [0.3, 0.4) is 0 Å². The zero-order valence-corrected chi connectivity index (χ0v) is 15.1. The third kappa shape index (κ3) is 3.68. The first-order chi connectivity index (χ1) is 10.9. The Kier molecular flexibility index (Phi) is 5.68. The van der Waals surface area contributed by atoms with Gasteiger partial charge < -0.3 is 4.57 Å². The zero-order chi connectivity index (χ0) is 17.0. The van der Waals surface area contributed by atoms with Crippen LogP contribution >= 0.6 is 11.8 Å². The van der Waals surface area contributed by atoms with Crippen molar-refractivity contribution in [2.75, 3.05) is 19.8 Å². The third-order valence-electron chi connectivity index (χ3n) is 3.46. The van der Waals surface area contributed by atoms with Gasteiger partial charge in [0.05, 0.1) is 27.8 Å². The molecule has 23 heavy (non-hydrogen) atoms. The van der Waals surface area contributed by atoms with E-state index < -0.39 is 10.0 Å². The number of nitrogens with zero attached hydrogens (tertiary/aromatic N) is 4. The van der Waals surface area contributed by atoms with Crippen molar-refractivity contribution in [2.45, 2.75) is 36.4 Å². The molecule has 0 N–H and O–H groups in total. The lowest BCUT2D eigenvalue weighted by atomic mass is 10.3. The molecule has 0 bridgehead atoms. The highest BCUT2D eigenvalue weighted by atomic mass is 32.2. The summed E-state index contributed by atoms with van der Waals surface area (Å²) < 4.78 is 27.8. The lowest BCUT2D eigenvalue weighted by Crippen LogP contribution is -2.22. The van der Waals surface area contributed by atoms with Crippen molar-refractivity contribution in [3.8, 4) is 6.07 Å². The van der Waals surface area contributed by atoms with Gasteiger partial charge in [-0.15, -0.1) is 0 Å². The summed E-state index contributed by atoms with van der Waals surface area (Å²) in [5, 5.41) is 9.55. The highest BCUT2D eigenvalue weighted by Crippen LogP contribution is 2.27. The molecule has 0 radical (unpaired) electrons. The molecular formula is C15H20N4O2S2. The second kappa shape index (κ2) is 7.34. The summed E-state index contributed by atoms with van der Waals surface area (Å²) in [7, 11) is -0.466. The van der Waals surface area contributed by atoms with E-state index in [1.54, 1.807) is 18.2 Å². The van der Waals surface area contributed by atoms with Crippen molar-refractivity contribution in [3.05, 3.63) is 18.2 Å². The van der Waals surface area contributed by atoms with Crippen LogP contribution in [0, 0.1) is 11.3 Å². The molecule has 124 valence electrons. The number of imidazole rings is 1. The fourth-order valence-corrected chi connectivity index (χ4v) is 3.82. The van der Waals surface area contributed by atoms with Crippen molar-refractivity contribution in [3.63, 3.8) is 0 Å². The SMILES string of the molecule is CCCCn1c(SCC#N)nc2cc(S(=O)(=O)N(C)C)ccc21. The molecule has 0 aliphatic rings. The number of sulfonamides is 1. The van der Waals surface area contributed by atoms with Gasteiger partial charge in [0.1, 0.15) is 0 Å². The quantitative estimate of drug-likeness (QED) is 0.716. The molecule has 1 aromatic heterocycles. The van der Waals surface area contributed by atoms with Gasteiger partial charge in [-0.05, 0) is 24.6 Å². The number of benzene rings is 1. The molecule has 0 aliphatic carbocycles. The van der Waals surface area contributed by atoms with Crippen molar-refractivity contribution in [1.29, 1.82) is 5.26 Å². The third-order valence-corrected chi connectivity index (χ3v) is 6.12. The molecular weight excluding hydrogens is 332 g/mol. The second-order valence-corrected chi connectivity index (χ2v) is 8.38. The maximum atomic E-state index is 12.3. The van der Waals surface area contributed by atoms with Crippen LogP contribution in [0.5, 0.6) is 0 Å². The molecule has 0 saturated heterocycles. The van der Waals surface area contributed by atoms with Gasteiger partial charge in [0.15, 0.2) is 5.16 Å². The second-order valence-electron chi connectivity index (χ2n) is 5.28.